The Morgan fingerprint density at radius 3 is 2.69 bits per heavy atom. The molecule has 2 N–H and O–H groups in total. The van der Waals surface area contributed by atoms with Gasteiger partial charge in [0, 0.05) is 12.2 Å². The molecule has 2 aromatic heterocycles. The maximum Gasteiger partial charge on any atom is 0.229 e. The molecule has 0 saturated carbocycles. The third kappa shape index (κ3) is 4.28. The summed E-state index contributed by atoms with van der Waals surface area (Å²) in [4.78, 5) is 13.9. The van der Waals surface area contributed by atoms with E-state index < -0.39 is 0 Å². The number of halogens is 3. The molecule has 4 aromatic rings. The first-order valence-electron chi connectivity index (χ1n) is 10.5. The van der Waals surface area contributed by atoms with Crippen molar-refractivity contribution in [1.29, 1.82) is 0 Å². The number of piperidine rings is 1. The number of anilines is 2. The second kappa shape index (κ2) is 9.02. The molecule has 1 atom stereocenters. The summed E-state index contributed by atoms with van der Waals surface area (Å²) in [7, 11) is 0. The number of hydrogen-bond donors (Lipinski definition) is 2. The van der Waals surface area contributed by atoms with Crippen LogP contribution in [-0.2, 0) is 6.54 Å². The first kappa shape index (κ1) is 21.1. The molecule has 0 bridgehead atoms. The van der Waals surface area contributed by atoms with Crippen molar-refractivity contribution in [3.63, 3.8) is 0 Å². The Morgan fingerprint density at radius 2 is 1.94 bits per heavy atom. The lowest BCUT2D eigenvalue weighted by atomic mass is 9.99. The molecule has 0 radical (unpaired) electrons. The maximum absolute atomic E-state index is 13.6. The Morgan fingerprint density at radius 1 is 1.12 bits per heavy atom. The molecule has 1 aliphatic rings. The zero-order chi connectivity index (χ0) is 22.1. The van der Waals surface area contributed by atoms with E-state index >= 15 is 0 Å². The second-order valence-corrected chi connectivity index (χ2v) is 8.71. The summed E-state index contributed by atoms with van der Waals surface area (Å²) in [5, 5.41) is 7.59. The van der Waals surface area contributed by atoms with Gasteiger partial charge in [-0.25, -0.2) is 14.4 Å². The van der Waals surface area contributed by atoms with Crippen LogP contribution in [0.25, 0.3) is 22.6 Å². The normalized spacial score (nSPS) is 16.4. The molecule has 6 nitrogen and oxygen atoms in total. The average molecular weight is 471 g/mol. The third-order valence-corrected chi connectivity index (χ3v) is 6.22. The molecule has 2 aromatic carbocycles. The van der Waals surface area contributed by atoms with Crippen molar-refractivity contribution >= 4 is 46.0 Å². The molecular weight excluding hydrogens is 450 g/mol. The molecule has 0 spiro atoms. The molecule has 0 aliphatic carbocycles. The van der Waals surface area contributed by atoms with Gasteiger partial charge in [-0.3, -0.25) is 0 Å². The van der Waals surface area contributed by atoms with E-state index in [1.807, 2.05) is 6.07 Å². The Balaban J connectivity index is 1.61. The quantitative estimate of drug-likeness (QED) is 0.392. The van der Waals surface area contributed by atoms with Crippen LogP contribution in [0.1, 0.15) is 12.8 Å². The second-order valence-electron chi connectivity index (χ2n) is 7.89. The summed E-state index contributed by atoms with van der Waals surface area (Å²) in [6, 6.07) is 11.6. The topological polar surface area (TPSA) is 67.7 Å². The van der Waals surface area contributed by atoms with Crippen LogP contribution < -0.4 is 10.6 Å². The smallest absolute Gasteiger partial charge is 0.229 e. The van der Waals surface area contributed by atoms with Crippen molar-refractivity contribution in [2.45, 2.75) is 19.4 Å². The van der Waals surface area contributed by atoms with Crippen molar-refractivity contribution in [1.82, 2.24) is 24.8 Å². The first-order valence-corrected chi connectivity index (χ1v) is 11.2. The van der Waals surface area contributed by atoms with Gasteiger partial charge < -0.3 is 15.2 Å². The van der Waals surface area contributed by atoms with E-state index in [1.165, 1.54) is 12.1 Å². The number of benzene rings is 2. The molecular formula is C23H21Cl2FN6. The molecule has 0 unspecified atom stereocenters. The first-order chi connectivity index (χ1) is 15.6. The van der Waals surface area contributed by atoms with Crippen molar-refractivity contribution in [3.8, 4) is 11.4 Å². The number of fused-ring (bicyclic) bond motifs is 1. The number of nitrogens with one attached hydrogen (secondary N) is 2. The van der Waals surface area contributed by atoms with Crippen LogP contribution in [0.4, 0.5) is 16.0 Å². The van der Waals surface area contributed by atoms with Gasteiger partial charge in [0.05, 0.1) is 21.8 Å². The van der Waals surface area contributed by atoms with Gasteiger partial charge >= 0.3 is 0 Å². The fourth-order valence-corrected chi connectivity index (χ4v) is 4.65. The molecule has 164 valence electrons. The maximum atomic E-state index is 13.6. The monoisotopic (exact) mass is 470 g/mol. The van der Waals surface area contributed by atoms with E-state index in [2.05, 4.69) is 20.2 Å². The molecule has 5 rings (SSSR count). The van der Waals surface area contributed by atoms with Crippen LogP contribution in [0.2, 0.25) is 10.0 Å². The van der Waals surface area contributed by atoms with Crippen molar-refractivity contribution in [2.75, 3.05) is 18.4 Å². The van der Waals surface area contributed by atoms with Gasteiger partial charge in [0.25, 0.3) is 0 Å². The van der Waals surface area contributed by atoms with Gasteiger partial charge in [0.2, 0.25) is 5.95 Å². The van der Waals surface area contributed by atoms with Crippen molar-refractivity contribution in [2.24, 2.45) is 5.92 Å². The number of nitrogens with zero attached hydrogens (tertiary/aromatic N) is 4. The number of aromatic nitrogens is 4. The minimum Gasteiger partial charge on any atom is -0.324 e. The summed E-state index contributed by atoms with van der Waals surface area (Å²) in [6.45, 7) is 2.68. The lowest BCUT2D eigenvalue weighted by Gasteiger charge is -2.24. The minimum atomic E-state index is -0.332. The number of rotatable bonds is 5. The van der Waals surface area contributed by atoms with Gasteiger partial charge in [-0.15, -0.1) is 0 Å². The number of hydrogen-bond acceptors (Lipinski definition) is 5. The lowest BCUT2D eigenvalue weighted by molar-refractivity contribution is 0.341. The third-order valence-electron chi connectivity index (χ3n) is 5.59. The van der Waals surface area contributed by atoms with Gasteiger partial charge in [-0.2, -0.15) is 4.98 Å². The Kier molecular flexibility index (Phi) is 5.95. The highest BCUT2D eigenvalue weighted by Crippen LogP contribution is 2.36. The summed E-state index contributed by atoms with van der Waals surface area (Å²) < 4.78 is 15.7. The predicted molar refractivity (Wildman–Crippen MR) is 126 cm³/mol. The summed E-state index contributed by atoms with van der Waals surface area (Å²) in [6.07, 6.45) is 3.90. The highest BCUT2D eigenvalue weighted by atomic mass is 35.5. The molecule has 0 amide bonds. The fourth-order valence-electron chi connectivity index (χ4n) is 4.09. The van der Waals surface area contributed by atoms with E-state index in [4.69, 9.17) is 33.2 Å². The zero-order valence-corrected chi connectivity index (χ0v) is 18.7. The molecule has 3 heterocycles. The SMILES string of the molecule is Fc1cccc(Nc2ncc3nc(-c4c(Cl)cccc4Cl)n(C[C@@H]4CCCNC4)c3n2)c1. The Hall–Kier alpha value is -2.74. The van der Waals surface area contributed by atoms with Crippen LogP contribution >= 0.6 is 23.2 Å². The van der Waals surface area contributed by atoms with Gasteiger partial charge in [0.1, 0.15) is 17.2 Å². The Bertz CT molecular complexity index is 1250. The van der Waals surface area contributed by atoms with Crippen LogP contribution in [0.15, 0.2) is 48.7 Å². The Labute approximate surface area is 194 Å². The van der Waals surface area contributed by atoms with Gasteiger partial charge in [0.15, 0.2) is 5.65 Å². The summed E-state index contributed by atoms with van der Waals surface area (Å²) in [5.41, 5.74) is 2.57. The fraction of sp³-hybridized carbons (Fsp3) is 0.261. The largest absolute Gasteiger partial charge is 0.324 e. The molecule has 1 fully saturated rings. The van der Waals surface area contributed by atoms with E-state index in [0.29, 0.717) is 50.2 Å². The van der Waals surface area contributed by atoms with Crippen LogP contribution in [-0.4, -0.2) is 32.6 Å². The minimum absolute atomic E-state index is 0.332. The average Bonchev–Trinajstić information content (AvgIpc) is 3.12. The van der Waals surface area contributed by atoms with Crippen molar-refractivity contribution < 1.29 is 4.39 Å². The molecule has 1 aliphatic heterocycles. The highest BCUT2D eigenvalue weighted by molar-refractivity contribution is 6.39. The molecule has 1 saturated heterocycles. The summed E-state index contributed by atoms with van der Waals surface area (Å²) >= 11 is 13.1. The van der Waals surface area contributed by atoms with E-state index in [1.54, 1.807) is 30.5 Å². The van der Waals surface area contributed by atoms with Gasteiger partial charge in [-0.1, -0.05) is 35.3 Å². The van der Waals surface area contributed by atoms with E-state index in [9.17, 15) is 4.39 Å². The van der Waals surface area contributed by atoms with Crippen molar-refractivity contribution in [3.05, 3.63) is 64.5 Å². The highest BCUT2D eigenvalue weighted by Gasteiger charge is 2.23. The number of imidazole rings is 1. The van der Waals surface area contributed by atoms with Crippen LogP contribution in [0, 0.1) is 11.7 Å². The molecule has 32 heavy (non-hydrogen) atoms. The zero-order valence-electron chi connectivity index (χ0n) is 17.2. The predicted octanol–water partition coefficient (Wildman–Crippen LogP) is 5.68. The standard InChI is InChI=1S/C23H21Cl2FN6/c24-17-7-2-8-18(25)20(17)22-30-19-12-28-23(29-16-6-1-5-15(26)10-16)31-21(19)32(22)13-14-4-3-9-27-11-14/h1-2,5-8,10,12,14,27H,3-4,9,11,13H2,(H,28,29,31)/t14-/m1/s1. The van der Waals surface area contributed by atoms with Crippen LogP contribution in [0.5, 0.6) is 0 Å². The van der Waals surface area contributed by atoms with Gasteiger partial charge in [-0.05, 0) is 62.2 Å². The lowest BCUT2D eigenvalue weighted by Crippen LogP contribution is -2.32. The van der Waals surface area contributed by atoms with E-state index in [0.717, 1.165) is 32.5 Å². The van der Waals surface area contributed by atoms with E-state index in [-0.39, 0.29) is 5.82 Å². The summed E-state index contributed by atoms with van der Waals surface area (Å²) in [5.74, 6) is 1.12. The van der Waals surface area contributed by atoms with Crippen LogP contribution in [0.3, 0.4) is 0 Å². The molecule has 9 heteroatoms.